The van der Waals surface area contributed by atoms with Crippen LogP contribution < -0.4 is 0 Å². The minimum absolute atomic E-state index is 0.0280. The van der Waals surface area contributed by atoms with Crippen LogP contribution in [0.3, 0.4) is 0 Å². The molecule has 1 aliphatic rings. The molecule has 1 aromatic carbocycles. The molecule has 0 unspecified atom stereocenters. The van der Waals surface area contributed by atoms with E-state index in [1.165, 1.54) is 56.9 Å². The predicted molar refractivity (Wildman–Crippen MR) is 146 cm³/mol. The van der Waals surface area contributed by atoms with Crippen LogP contribution in [0.15, 0.2) is 48.6 Å². The summed E-state index contributed by atoms with van der Waals surface area (Å²) in [5.41, 5.74) is 1.39. The van der Waals surface area contributed by atoms with E-state index >= 15 is 0 Å². The third kappa shape index (κ3) is 9.11. The molecular formula is C31H46O6. The van der Waals surface area contributed by atoms with Crippen molar-refractivity contribution >= 4 is 11.9 Å². The second-order valence-electron chi connectivity index (χ2n) is 10.5. The fourth-order valence-electron chi connectivity index (χ4n) is 5.29. The van der Waals surface area contributed by atoms with Gasteiger partial charge in [0.2, 0.25) is 0 Å². The molecule has 0 heterocycles. The third-order valence-corrected chi connectivity index (χ3v) is 7.70. The summed E-state index contributed by atoms with van der Waals surface area (Å²) in [6.45, 7) is 10.3. The average molecular weight is 515 g/mol. The molecule has 0 bridgehead atoms. The molecule has 0 amide bonds. The first-order chi connectivity index (χ1) is 17.8. The number of unbranched alkanes of at least 4 members (excludes halogenated alkanes) is 2. The summed E-state index contributed by atoms with van der Waals surface area (Å²) >= 11 is 0. The Labute approximate surface area is 222 Å². The van der Waals surface area contributed by atoms with E-state index in [4.69, 9.17) is 9.47 Å². The Balaban J connectivity index is 2.19. The second kappa shape index (κ2) is 15.7. The first-order valence-corrected chi connectivity index (χ1v) is 13.8. The molecule has 1 fully saturated rings. The van der Waals surface area contributed by atoms with Gasteiger partial charge in [0.25, 0.3) is 0 Å². The van der Waals surface area contributed by atoms with Crippen LogP contribution in [0, 0.1) is 5.92 Å². The summed E-state index contributed by atoms with van der Waals surface area (Å²) in [5.74, 6) is 0.0437. The van der Waals surface area contributed by atoms with E-state index in [0.717, 1.165) is 17.9 Å². The van der Waals surface area contributed by atoms with Crippen molar-refractivity contribution < 1.29 is 29.3 Å². The van der Waals surface area contributed by atoms with Crippen LogP contribution in [-0.2, 0) is 24.5 Å². The highest BCUT2D eigenvalue weighted by molar-refractivity contribution is 5.88. The van der Waals surface area contributed by atoms with Gasteiger partial charge in [0.15, 0.2) is 0 Å². The van der Waals surface area contributed by atoms with Gasteiger partial charge in [0.1, 0.15) is 13.2 Å². The van der Waals surface area contributed by atoms with Crippen molar-refractivity contribution in [2.45, 2.75) is 89.4 Å². The zero-order valence-electron chi connectivity index (χ0n) is 22.8. The lowest BCUT2D eigenvalue weighted by molar-refractivity contribution is -0.146. The molecule has 0 spiro atoms. The summed E-state index contributed by atoms with van der Waals surface area (Å²) in [4.78, 5) is 24.6. The summed E-state index contributed by atoms with van der Waals surface area (Å²) in [7, 11) is 0. The van der Waals surface area contributed by atoms with Crippen LogP contribution in [0.1, 0.15) is 95.1 Å². The van der Waals surface area contributed by atoms with Crippen molar-refractivity contribution in [3.63, 3.8) is 0 Å². The molecule has 37 heavy (non-hydrogen) atoms. The fourth-order valence-corrected chi connectivity index (χ4v) is 5.29. The Morgan fingerprint density at radius 1 is 0.865 bits per heavy atom. The third-order valence-electron chi connectivity index (χ3n) is 7.70. The van der Waals surface area contributed by atoms with E-state index in [9.17, 15) is 19.8 Å². The van der Waals surface area contributed by atoms with Gasteiger partial charge in [-0.1, -0.05) is 83.4 Å². The van der Waals surface area contributed by atoms with Crippen LogP contribution in [0.25, 0.3) is 0 Å². The highest BCUT2D eigenvalue weighted by Gasteiger charge is 2.36. The van der Waals surface area contributed by atoms with Gasteiger partial charge in [0, 0.05) is 0 Å². The molecule has 0 atom stereocenters. The van der Waals surface area contributed by atoms with Gasteiger partial charge in [0.05, 0.1) is 29.8 Å². The zero-order valence-corrected chi connectivity index (χ0v) is 22.8. The first-order valence-electron chi connectivity index (χ1n) is 13.8. The number of benzene rings is 1. The van der Waals surface area contributed by atoms with E-state index in [1.807, 2.05) is 6.92 Å². The molecule has 0 aliphatic heterocycles. The lowest BCUT2D eigenvalue weighted by Gasteiger charge is -2.34. The zero-order chi connectivity index (χ0) is 27.3. The number of carbonyl (C=O) groups excluding carboxylic acids is 2. The number of carbonyl (C=O) groups is 2. The maximum atomic E-state index is 12.3. The Hall–Kier alpha value is -2.44. The number of aliphatic hydroxyl groups is 2. The number of rotatable bonds is 16. The standard InChI is InChI=1S/C31H46O6/c1-5-7-8-9-25-10-12-26(13-11-25)27-14-16-28(17-15-27)31(18-6-2,21-36-29(34)23(3)19-32)22-37-30(35)24(4)20-33/h14-17,25-26,32-33H,3-13,18-22H2,1-2H3. The maximum Gasteiger partial charge on any atom is 0.335 e. The molecule has 6 heteroatoms. The molecule has 206 valence electrons. The number of hydrogen-bond donors (Lipinski definition) is 2. The summed E-state index contributed by atoms with van der Waals surface area (Å²) in [5, 5.41) is 18.5. The minimum atomic E-state index is -0.777. The monoisotopic (exact) mass is 514 g/mol. The van der Waals surface area contributed by atoms with Crippen molar-refractivity contribution in [3.8, 4) is 0 Å². The van der Waals surface area contributed by atoms with Gasteiger partial charge in [-0.3, -0.25) is 0 Å². The lowest BCUT2D eigenvalue weighted by Crippen LogP contribution is -2.39. The van der Waals surface area contributed by atoms with Gasteiger partial charge in [-0.2, -0.15) is 0 Å². The molecule has 6 nitrogen and oxygen atoms in total. The molecule has 0 saturated heterocycles. The predicted octanol–water partition coefficient (Wildman–Crippen LogP) is 5.76. The van der Waals surface area contributed by atoms with Crippen LogP contribution in [0.2, 0.25) is 0 Å². The topological polar surface area (TPSA) is 93.1 Å². The van der Waals surface area contributed by atoms with Crippen LogP contribution in [-0.4, -0.2) is 48.6 Å². The number of hydrogen-bond acceptors (Lipinski definition) is 6. The van der Waals surface area contributed by atoms with E-state index in [2.05, 4.69) is 44.3 Å². The molecule has 1 saturated carbocycles. The largest absolute Gasteiger partial charge is 0.461 e. The van der Waals surface area contributed by atoms with E-state index < -0.39 is 30.6 Å². The van der Waals surface area contributed by atoms with Crippen molar-refractivity contribution in [1.29, 1.82) is 0 Å². The summed E-state index contributed by atoms with van der Waals surface area (Å²) in [6, 6.07) is 8.43. The number of ether oxygens (including phenoxy) is 2. The normalized spacial score (nSPS) is 17.7. The van der Waals surface area contributed by atoms with E-state index in [0.29, 0.717) is 12.3 Å². The number of esters is 2. The Kier molecular flexibility index (Phi) is 13.1. The fraction of sp³-hybridized carbons (Fsp3) is 0.613. The molecule has 2 rings (SSSR count). The maximum absolute atomic E-state index is 12.3. The van der Waals surface area contributed by atoms with E-state index in [1.54, 1.807) is 0 Å². The molecule has 1 aliphatic carbocycles. The quantitative estimate of drug-likeness (QED) is 0.165. The van der Waals surface area contributed by atoms with Gasteiger partial charge in [-0.15, -0.1) is 0 Å². The van der Waals surface area contributed by atoms with Gasteiger partial charge in [-0.25, -0.2) is 9.59 Å². The Morgan fingerprint density at radius 3 is 1.86 bits per heavy atom. The highest BCUT2D eigenvalue weighted by atomic mass is 16.5. The SMILES string of the molecule is C=C(CO)C(=O)OCC(CCC)(COC(=O)C(=C)CO)c1ccc(C2CCC(CCCCC)CC2)cc1. The van der Waals surface area contributed by atoms with Crippen LogP contribution >= 0.6 is 0 Å². The smallest absolute Gasteiger partial charge is 0.335 e. The molecule has 2 N–H and O–H groups in total. The molecule has 0 aromatic heterocycles. The number of aliphatic hydroxyl groups excluding tert-OH is 2. The Bertz CT molecular complexity index is 847. The van der Waals surface area contributed by atoms with Crippen molar-refractivity contribution in [2.75, 3.05) is 26.4 Å². The van der Waals surface area contributed by atoms with Crippen molar-refractivity contribution in [3.05, 3.63) is 59.7 Å². The molecule has 1 aromatic rings. The molecule has 0 radical (unpaired) electrons. The Morgan fingerprint density at radius 2 is 1.41 bits per heavy atom. The van der Waals surface area contributed by atoms with Crippen LogP contribution in [0.4, 0.5) is 0 Å². The van der Waals surface area contributed by atoms with Crippen LogP contribution in [0.5, 0.6) is 0 Å². The van der Waals surface area contributed by atoms with Gasteiger partial charge < -0.3 is 19.7 Å². The minimum Gasteiger partial charge on any atom is -0.461 e. The van der Waals surface area contributed by atoms with Crippen molar-refractivity contribution in [1.82, 2.24) is 0 Å². The van der Waals surface area contributed by atoms with E-state index in [-0.39, 0.29) is 24.4 Å². The second-order valence-corrected chi connectivity index (χ2v) is 10.5. The average Bonchev–Trinajstić information content (AvgIpc) is 2.94. The first kappa shape index (κ1) is 30.8. The highest BCUT2D eigenvalue weighted by Crippen LogP contribution is 2.39. The lowest BCUT2D eigenvalue weighted by atomic mass is 9.75. The van der Waals surface area contributed by atoms with Crippen molar-refractivity contribution in [2.24, 2.45) is 5.92 Å². The summed E-state index contributed by atoms with van der Waals surface area (Å²) in [6.07, 6.45) is 11.6. The van der Waals surface area contributed by atoms with Gasteiger partial charge in [-0.05, 0) is 55.1 Å². The summed E-state index contributed by atoms with van der Waals surface area (Å²) < 4.78 is 11.0. The van der Waals surface area contributed by atoms with Gasteiger partial charge >= 0.3 is 11.9 Å². The molecular weight excluding hydrogens is 468 g/mol.